The van der Waals surface area contributed by atoms with E-state index in [9.17, 15) is 23.3 Å². The molecule has 0 saturated heterocycles. The molecule has 0 aliphatic heterocycles. The third kappa shape index (κ3) is 4.84. The standard InChI is InChI=1S/C11H13F3N2O3/c12-11(13,14)10(6-16(18)19)15-9(7-17)8-4-2-1-3-5-8/h1-5,9-10,15,17H,6-7H2/t9-,10?/m0/s1. The third-order valence-electron chi connectivity index (χ3n) is 2.51. The Labute approximate surface area is 107 Å². The van der Waals surface area contributed by atoms with Crippen LogP contribution in [0.25, 0.3) is 0 Å². The fourth-order valence-electron chi connectivity index (χ4n) is 1.58. The zero-order valence-electron chi connectivity index (χ0n) is 9.80. The average molecular weight is 278 g/mol. The predicted octanol–water partition coefficient (Wildman–Crippen LogP) is 1.52. The van der Waals surface area contributed by atoms with Gasteiger partial charge in [-0.25, -0.2) is 0 Å². The number of aliphatic hydroxyl groups excluding tert-OH is 1. The molecule has 106 valence electrons. The van der Waals surface area contributed by atoms with Crippen molar-refractivity contribution in [3.05, 3.63) is 46.0 Å². The number of alkyl halides is 3. The van der Waals surface area contributed by atoms with Gasteiger partial charge in [0.05, 0.1) is 12.6 Å². The molecular weight excluding hydrogens is 265 g/mol. The molecule has 0 aliphatic carbocycles. The minimum Gasteiger partial charge on any atom is -0.394 e. The fraction of sp³-hybridized carbons (Fsp3) is 0.455. The second-order valence-electron chi connectivity index (χ2n) is 3.92. The Morgan fingerprint density at radius 3 is 2.32 bits per heavy atom. The molecule has 2 N–H and O–H groups in total. The topological polar surface area (TPSA) is 75.4 Å². The number of benzene rings is 1. The molecule has 0 amide bonds. The SMILES string of the molecule is O=[N+]([O-])CC(N[C@@H](CO)c1ccccc1)C(F)(F)F. The number of aliphatic hydroxyl groups is 1. The summed E-state index contributed by atoms with van der Waals surface area (Å²) in [5.41, 5.74) is 0.433. The molecule has 0 radical (unpaired) electrons. The average Bonchev–Trinajstić information content (AvgIpc) is 2.33. The number of nitro groups is 1. The Kier molecular flexibility index (Phi) is 5.25. The second kappa shape index (κ2) is 6.48. The maximum Gasteiger partial charge on any atom is 0.410 e. The van der Waals surface area contributed by atoms with Gasteiger partial charge in [-0.05, 0) is 5.56 Å². The van der Waals surface area contributed by atoms with Crippen molar-refractivity contribution in [1.82, 2.24) is 5.32 Å². The summed E-state index contributed by atoms with van der Waals surface area (Å²) in [6, 6.07) is 4.65. The van der Waals surface area contributed by atoms with E-state index >= 15 is 0 Å². The number of nitrogens with zero attached hydrogens (tertiary/aromatic N) is 1. The lowest BCUT2D eigenvalue weighted by Gasteiger charge is -2.24. The smallest absolute Gasteiger partial charge is 0.394 e. The summed E-state index contributed by atoms with van der Waals surface area (Å²) >= 11 is 0. The minimum absolute atomic E-state index is 0.433. The molecule has 2 atom stereocenters. The van der Waals surface area contributed by atoms with Crippen molar-refractivity contribution in [1.29, 1.82) is 0 Å². The van der Waals surface area contributed by atoms with Crippen molar-refractivity contribution >= 4 is 0 Å². The third-order valence-corrected chi connectivity index (χ3v) is 2.51. The van der Waals surface area contributed by atoms with Crippen LogP contribution in [0.4, 0.5) is 13.2 Å². The second-order valence-corrected chi connectivity index (χ2v) is 3.92. The van der Waals surface area contributed by atoms with E-state index in [1.54, 1.807) is 18.2 Å². The van der Waals surface area contributed by atoms with Crippen molar-refractivity contribution in [3.63, 3.8) is 0 Å². The predicted molar refractivity (Wildman–Crippen MR) is 61.1 cm³/mol. The highest BCUT2D eigenvalue weighted by Crippen LogP contribution is 2.23. The van der Waals surface area contributed by atoms with Gasteiger partial charge in [0.25, 0.3) is 0 Å². The molecule has 19 heavy (non-hydrogen) atoms. The fourth-order valence-corrected chi connectivity index (χ4v) is 1.58. The van der Waals surface area contributed by atoms with E-state index in [1.807, 2.05) is 0 Å². The molecule has 0 spiro atoms. The lowest BCUT2D eigenvalue weighted by atomic mass is 10.1. The van der Waals surface area contributed by atoms with E-state index in [2.05, 4.69) is 5.32 Å². The van der Waals surface area contributed by atoms with Gasteiger partial charge in [0.15, 0.2) is 6.04 Å². The Morgan fingerprint density at radius 2 is 1.89 bits per heavy atom. The Bertz CT molecular complexity index is 411. The van der Waals surface area contributed by atoms with Crippen LogP contribution in [0.15, 0.2) is 30.3 Å². The van der Waals surface area contributed by atoms with E-state index in [-0.39, 0.29) is 0 Å². The molecule has 1 aromatic rings. The van der Waals surface area contributed by atoms with Gasteiger partial charge < -0.3 is 5.11 Å². The van der Waals surface area contributed by atoms with Gasteiger partial charge in [0.2, 0.25) is 6.54 Å². The van der Waals surface area contributed by atoms with Crippen LogP contribution in [-0.2, 0) is 0 Å². The Morgan fingerprint density at radius 1 is 1.32 bits per heavy atom. The molecule has 1 rings (SSSR count). The van der Waals surface area contributed by atoms with Crippen LogP contribution in [0.2, 0.25) is 0 Å². The molecule has 0 bridgehead atoms. The first-order valence-electron chi connectivity index (χ1n) is 5.45. The van der Waals surface area contributed by atoms with Gasteiger partial charge in [-0.1, -0.05) is 30.3 Å². The first-order chi connectivity index (χ1) is 8.84. The van der Waals surface area contributed by atoms with Crippen LogP contribution in [0, 0.1) is 10.1 Å². The highest BCUT2D eigenvalue weighted by atomic mass is 19.4. The lowest BCUT2D eigenvalue weighted by molar-refractivity contribution is -0.491. The van der Waals surface area contributed by atoms with Crippen LogP contribution in [0.5, 0.6) is 0 Å². The maximum absolute atomic E-state index is 12.6. The zero-order chi connectivity index (χ0) is 14.5. The molecule has 1 unspecified atom stereocenters. The molecule has 0 saturated carbocycles. The number of nitrogens with one attached hydrogen (secondary N) is 1. The molecule has 0 fully saturated rings. The largest absolute Gasteiger partial charge is 0.410 e. The quantitative estimate of drug-likeness (QED) is 0.611. The van der Waals surface area contributed by atoms with Crippen LogP contribution in [0.3, 0.4) is 0 Å². The van der Waals surface area contributed by atoms with E-state index in [1.165, 1.54) is 12.1 Å². The number of hydrogen-bond acceptors (Lipinski definition) is 4. The van der Waals surface area contributed by atoms with Gasteiger partial charge in [-0.15, -0.1) is 0 Å². The summed E-state index contributed by atoms with van der Waals surface area (Å²) < 4.78 is 37.9. The maximum atomic E-state index is 12.6. The van der Waals surface area contributed by atoms with Gasteiger partial charge in [0, 0.05) is 4.92 Å². The number of hydrogen-bond donors (Lipinski definition) is 2. The van der Waals surface area contributed by atoms with Crippen LogP contribution in [0.1, 0.15) is 11.6 Å². The summed E-state index contributed by atoms with van der Waals surface area (Å²) in [5, 5.41) is 21.5. The summed E-state index contributed by atoms with van der Waals surface area (Å²) in [5.74, 6) is 0. The van der Waals surface area contributed by atoms with Crippen molar-refractivity contribution in [3.8, 4) is 0 Å². The molecule has 5 nitrogen and oxygen atoms in total. The van der Waals surface area contributed by atoms with E-state index in [0.29, 0.717) is 5.56 Å². The van der Waals surface area contributed by atoms with Crippen molar-refractivity contribution < 1.29 is 23.2 Å². The van der Waals surface area contributed by atoms with Gasteiger partial charge in [0.1, 0.15) is 0 Å². The molecule has 0 aromatic heterocycles. The van der Waals surface area contributed by atoms with Crippen molar-refractivity contribution in [2.45, 2.75) is 18.3 Å². The number of halogens is 3. The molecule has 1 aromatic carbocycles. The molecule has 8 heteroatoms. The van der Waals surface area contributed by atoms with E-state index in [0.717, 1.165) is 0 Å². The van der Waals surface area contributed by atoms with E-state index in [4.69, 9.17) is 5.11 Å². The highest BCUT2D eigenvalue weighted by Gasteiger charge is 2.44. The van der Waals surface area contributed by atoms with Gasteiger partial charge >= 0.3 is 6.18 Å². The Balaban J connectivity index is 2.84. The van der Waals surface area contributed by atoms with Crippen molar-refractivity contribution in [2.75, 3.05) is 13.2 Å². The Hall–Kier alpha value is -1.67. The summed E-state index contributed by atoms with van der Waals surface area (Å²) in [4.78, 5) is 9.23. The first kappa shape index (κ1) is 15.4. The normalized spacial score (nSPS) is 14.9. The minimum atomic E-state index is -4.75. The molecule has 0 aliphatic rings. The van der Waals surface area contributed by atoms with Crippen molar-refractivity contribution in [2.24, 2.45) is 0 Å². The summed E-state index contributed by atoms with van der Waals surface area (Å²) in [6.45, 7) is -1.87. The first-order valence-corrected chi connectivity index (χ1v) is 5.45. The summed E-state index contributed by atoms with van der Waals surface area (Å²) in [7, 11) is 0. The van der Waals surface area contributed by atoms with Gasteiger partial charge in [-0.2, -0.15) is 13.2 Å². The van der Waals surface area contributed by atoms with E-state index < -0.39 is 36.3 Å². The monoisotopic (exact) mass is 278 g/mol. The van der Waals surface area contributed by atoms with Crippen LogP contribution >= 0.6 is 0 Å². The van der Waals surface area contributed by atoms with Crippen LogP contribution < -0.4 is 5.32 Å². The van der Waals surface area contributed by atoms with Gasteiger partial charge in [-0.3, -0.25) is 15.4 Å². The number of rotatable bonds is 6. The summed E-state index contributed by atoms with van der Waals surface area (Å²) in [6.07, 6.45) is -4.75. The highest BCUT2D eigenvalue weighted by molar-refractivity contribution is 5.19. The van der Waals surface area contributed by atoms with Crippen LogP contribution in [-0.4, -0.2) is 35.4 Å². The lowest BCUT2D eigenvalue weighted by Crippen LogP contribution is -2.49. The zero-order valence-corrected chi connectivity index (χ0v) is 9.80. The molecular formula is C11H13F3N2O3. The molecule has 0 heterocycles.